The molecule has 0 bridgehead atoms. The average molecular weight is 249 g/mol. The Morgan fingerprint density at radius 3 is 2.22 bits per heavy atom. The third-order valence-electron chi connectivity index (χ3n) is 3.28. The van der Waals surface area contributed by atoms with Gasteiger partial charge in [0.15, 0.2) is 0 Å². The second-order valence-electron chi connectivity index (χ2n) is 5.03. The van der Waals surface area contributed by atoms with Crippen LogP contribution in [0.5, 0.6) is 0 Å². The van der Waals surface area contributed by atoms with Crippen LogP contribution in [0.3, 0.4) is 0 Å². The van der Waals surface area contributed by atoms with Crippen molar-refractivity contribution >= 4 is 5.97 Å². The molecule has 1 N–H and O–H groups in total. The van der Waals surface area contributed by atoms with Gasteiger partial charge in [0, 0.05) is 6.04 Å². The van der Waals surface area contributed by atoms with Crippen molar-refractivity contribution in [2.24, 2.45) is 5.92 Å². The van der Waals surface area contributed by atoms with Gasteiger partial charge in [0.2, 0.25) is 0 Å². The number of hydrogen-bond acceptors (Lipinski definition) is 2. The van der Waals surface area contributed by atoms with Crippen molar-refractivity contribution in [2.75, 3.05) is 14.1 Å². The van der Waals surface area contributed by atoms with Crippen LogP contribution >= 0.6 is 0 Å². The van der Waals surface area contributed by atoms with Gasteiger partial charge >= 0.3 is 5.97 Å². The summed E-state index contributed by atoms with van der Waals surface area (Å²) in [5.41, 5.74) is 2.37. The van der Waals surface area contributed by atoms with E-state index < -0.39 is 11.9 Å². The molecule has 0 amide bonds. The highest BCUT2D eigenvalue weighted by molar-refractivity contribution is 5.70. The van der Waals surface area contributed by atoms with E-state index in [4.69, 9.17) is 0 Å². The summed E-state index contributed by atoms with van der Waals surface area (Å²) in [5, 5.41) is 9.17. The van der Waals surface area contributed by atoms with E-state index in [1.54, 1.807) is 6.92 Å². The largest absolute Gasteiger partial charge is 0.481 e. The second-order valence-corrected chi connectivity index (χ2v) is 5.03. The van der Waals surface area contributed by atoms with Gasteiger partial charge in [-0.05, 0) is 31.6 Å². The molecule has 0 heterocycles. The molecule has 3 heteroatoms. The number of benzene rings is 1. The minimum atomic E-state index is -0.758. The van der Waals surface area contributed by atoms with Crippen LogP contribution in [0.1, 0.15) is 37.4 Å². The van der Waals surface area contributed by atoms with Crippen molar-refractivity contribution in [1.82, 2.24) is 4.90 Å². The van der Waals surface area contributed by atoms with Crippen molar-refractivity contribution in [2.45, 2.75) is 32.7 Å². The quantitative estimate of drug-likeness (QED) is 0.842. The lowest BCUT2D eigenvalue weighted by molar-refractivity contribution is -0.143. The van der Waals surface area contributed by atoms with Crippen LogP contribution in [0.25, 0.3) is 0 Å². The lowest BCUT2D eigenvalue weighted by Gasteiger charge is -2.28. The summed E-state index contributed by atoms with van der Waals surface area (Å²) in [7, 11) is 3.84. The molecule has 0 saturated heterocycles. The molecule has 100 valence electrons. The summed E-state index contributed by atoms with van der Waals surface area (Å²) in [6.07, 6.45) is 2.20. The summed E-state index contributed by atoms with van der Waals surface area (Å²) in [5.74, 6) is -1.18. The molecule has 0 aromatic heterocycles. The zero-order valence-corrected chi connectivity index (χ0v) is 11.7. The van der Waals surface area contributed by atoms with Crippen LogP contribution in [-0.4, -0.2) is 30.1 Å². The molecule has 3 nitrogen and oxygen atoms in total. The fourth-order valence-corrected chi connectivity index (χ4v) is 2.34. The van der Waals surface area contributed by atoms with Crippen LogP contribution in [-0.2, 0) is 11.2 Å². The molecule has 0 aliphatic heterocycles. The third-order valence-corrected chi connectivity index (χ3v) is 3.28. The Kier molecular flexibility index (Phi) is 5.35. The number of hydrogen-bond donors (Lipinski definition) is 1. The number of aliphatic carboxylic acids is 1. The summed E-state index contributed by atoms with van der Waals surface area (Å²) >= 11 is 0. The summed E-state index contributed by atoms with van der Waals surface area (Å²) < 4.78 is 0. The highest BCUT2D eigenvalue weighted by Crippen LogP contribution is 2.27. The van der Waals surface area contributed by atoms with Gasteiger partial charge in [0.1, 0.15) is 0 Å². The predicted molar refractivity (Wildman–Crippen MR) is 73.7 cm³/mol. The van der Waals surface area contributed by atoms with Gasteiger partial charge < -0.3 is 10.0 Å². The van der Waals surface area contributed by atoms with Crippen molar-refractivity contribution in [3.05, 3.63) is 35.4 Å². The molecular formula is C15H23NO2. The number of carboxylic acid groups (broad SMARTS) is 1. The van der Waals surface area contributed by atoms with E-state index in [0.29, 0.717) is 0 Å². The molecule has 1 aromatic rings. The van der Waals surface area contributed by atoms with Crippen molar-refractivity contribution < 1.29 is 9.90 Å². The zero-order chi connectivity index (χ0) is 13.7. The van der Waals surface area contributed by atoms with E-state index in [-0.39, 0.29) is 6.04 Å². The maximum atomic E-state index is 11.2. The Balaban J connectivity index is 2.96. The normalized spacial score (nSPS) is 14.5. The fourth-order valence-electron chi connectivity index (χ4n) is 2.34. The van der Waals surface area contributed by atoms with Crippen LogP contribution in [0.2, 0.25) is 0 Å². The Hall–Kier alpha value is -1.35. The van der Waals surface area contributed by atoms with Crippen LogP contribution in [0.4, 0.5) is 0 Å². The van der Waals surface area contributed by atoms with Crippen molar-refractivity contribution in [1.29, 1.82) is 0 Å². The Morgan fingerprint density at radius 1 is 1.28 bits per heavy atom. The molecule has 0 aliphatic rings. The summed E-state index contributed by atoms with van der Waals surface area (Å²) in [4.78, 5) is 13.1. The van der Waals surface area contributed by atoms with Gasteiger partial charge in [0.25, 0.3) is 0 Å². The smallest absolute Gasteiger partial charge is 0.308 e. The fraction of sp³-hybridized carbons (Fsp3) is 0.533. The molecule has 18 heavy (non-hydrogen) atoms. The van der Waals surface area contributed by atoms with E-state index in [1.165, 1.54) is 5.56 Å². The molecule has 0 spiro atoms. The van der Waals surface area contributed by atoms with Crippen molar-refractivity contribution in [3.8, 4) is 0 Å². The highest BCUT2D eigenvalue weighted by atomic mass is 16.4. The zero-order valence-electron chi connectivity index (χ0n) is 11.7. The van der Waals surface area contributed by atoms with Gasteiger partial charge in [-0.2, -0.15) is 0 Å². The topological polar surface area (TPSA) is 40.5 Å². The molecule has 0 aliphatic carbocycles. The number of rotatable bonds is 6. The first-order valence-electron chi connectivity index (χ1n) is 6.45. The third kappa shape index (κ3) is 3.57. The SMILES string of the molecule is CCCc1ccc(C(C(C)C(=O)O)N(C)C)cc1. The lowest BCUT2D eigenvalue weighted by Crippen LogP contribution is -2.30. The van der Waals surface area contributed by atoms with Crippen LogP contribution in [0.15, 0.2) is 24.3 Å². The summed E-state index contributed by atoms with van der Waals surface area (Å²) in [6.45, 7) is 3.91. The number of carbonyl (C=O) groups is 1. The molecule has 0 fully saturated rings. The number of aryl methyl sites for hydroxylation is 1. The molecule has 2 unspecified atom stereocenters. The first-order chi connectivity index (χ1) is 8.47. The van der Waals surface area contributed by atoms with E-state index in [0.717, 1.165) is 18.4 Å². The molecule has 0 saturated carbocycles. The van der Waals surface area contributed by atoms with E-state index in [2.05, 4.69) is 31.2 Å². The van der Waals surface area contributed by atoms with E-state index in [9.17, 15) is 9.90 Å². The van der Waals surface area contributed by atoms with Crippen LogP contribution < -0.4 is 0 Å². The highest BCUT2D eigenvalue weighted by Gasteiger charge is 2.26. The van der Waals surface area contributed by atoms with Crippen molar-refractivity contribution in [3.63, 3.8) is 0 Å². The summed E-state index contributed by atoms with van der Waals surface area (Å²) in [6, 6.07) is 8.22. The standard InChI is InChI=1S/C15H23NO2/c1-5-6-12-7-9-13(10-8-12)14(16(3)4)11(2)15(17)18/h7-11,14H,5-6H2,1-4H3,(H,17,18). The minimum absolute atomic E-state index is 0.0850. The molecule has 0 radical (unpaired) electrons. The van der Waals surface area contributed by atoms with Gasteiger partial charge in [-0.1, -0.05) is 44.5 Å². The van der Waals surface area contributed by atoms with Gasteiger partial charge in [-0.25, -0.2) is 0 Å². The molecular weight excluding hydrogens is 226 g/mol. The van der Waals surface area contributed by atoms with E-state index >= 15 is 0 Å². The Morgan fingerprint density at radius 2 is 1.83 bits per heavy atom. The Labute approximate surface area is 109 Å². The van der Waals surface area contributed by atoms with Gasteiger partial charge in [0.05, 0.1) is 5.92 Å². The molecule has 1 rings (SSSR count). The Bertz CT molecular complexity index is 384. The molecule has 2 atom stereocenters. The van der Waals surface area contributed by atoms with E-state index in [1.807, 2.05) is 19.0 Å². The number of nitrogens with zero attached hydrogens (tertiary/aromatic N) is 1. The first kappa shape index (κ1) is 14.7. The maximum absolute atomic E-state index is 11.2. The average Bonchev–Trinajstić information content (AvgIpc) is 2.31. The van der Waals surface area contributed by atoms with Gasteiger partial charge in [-0.3, -0.25) is 4.79 Å². The lowest BCUT2D eigenvalue weighted by atomic mass is 9.92. The molecule has 1 aromatic carbocycles. The first-order valence-corrected chi connectivity index (χ1v) is 6.45. The van der Waals surface area contributed by atoms with Gasteiger partial charge in [-0.15, -0.1) is 0 Å². The second kappa shape index (κ2) is 6.55. The monoisotopic (exact) mass is 249 g/mol. The minimum Gasteiger partial charge on any atom is -0.481 e. The van der Waals surface area contributed by atoms with Crippen LogP contribution in [0, 0.1) is 5.92 Å². The predicted octanol–water partition coefficient (Wildman–Crippen LogP) is 2.96. The number of carboxylic acids is 1. The maximum Gasteiger partial charge on any atom is 0.308 e.